The van der Waals surface area contributed by atoms with Gasteiger partial charge in [-0.25, -0.2) is 9.50 Å². The number of hydrogen-bond donors (Lipinski definition) is 1. The van der Waals surface area contributed by atoms with E-state index in [1.807, 2.05) is 6.07 Å². The van der Waals surface area contributed by atoms with Crippen LogP contribution in [-0.2, 0) is 19.2 Å². The highest BCUT2D eigenvalue weighted by atomic mass is 28.4. The molecule has 1 aromatic carbocycles. The molecule has 9 nitrogen and oxygen atoms in total. The van der Waals surface area contributed by atoms with Crippen molar-refractivity contribution in [1.82, 2.24) is 14.6 Å². The second-order valence-electron chi connectivity index (χ2n) is 14.0. The van der Waals surface area contributed by atoms with E-state index >= 15 is 0 Å². The average molecular weight is 606 g/mol. The lowest BCUT2D eigenvalue weighted by Crippen LogP contribution is -2.55. The number of nitrogens with zero attached hydrogens (tertiary/aromatic N) is 4. The molecule has 0 bridgehead atoms. The van der Waals surface area contributed by atoms with Gasteiger partial charge in [0.1, 0.15) is 41.6 Å². The first-order valence-corrected chi connectivity index (χ1v) is 20.0. The first-order valence-electron chi connectivity index (χ1n) is 14.2. The first-order chi connectivity index (χ1) is 19.3. The third-order valence-electron chi connectivity index (χ3n) is 9.01. The first kappa shape index (κ1) is 31.6. The maximum atomic E-state index is 12.9. The number of carbonyl (C=O) groups is 1. The summed E-state index contributed by atoms with van der Waals surface area (Å²) in [6.07, 6.45) is -0.121. The molecule has 1 N–H and O–H groups in total. The van der Waals surface area contributed by atoms with Gasteiger partial charge >= 0.3 is 0 Å². The van der Waals surface area contributed by atoms with Gasteiger partial charge in [0.05, 0.1) is 0 Å². The third-order valence-corrected chi connectivity index (χ3v) is 17.9. The Kier molecular flexibility index (Phi) is 8.10. The van der Waals surface area contributed by atoms with Crippen LogP contribution in [0.2, 0.25) is 36.3 Å². The summed E-state index contributed by atoms with van der Waals surface area (Å²) in [5, 5.41) is 18.0. The molecule has 1 amide bonds. The van der Waals surface area contributed by atoms with Gasteiger partial charge in [-0.05, 0) is 60.5 Å². The van der Waals surface area contributed by atoms with Gasteiger partial charge in [0.2, 0.25) is 0 Å². The molecule has 1 aliphatic heterocycles. The van der Waals surface area contributed by atoms with Crippen LogP contribution in [0.3, 0.4) is 0 Å². The van der Waals surface area contributed by atoms with Crippen molar-refractivity contribution in [3.63, 3.8) is 0 Å². The van der Waals surface area contributed by atoms with Gasteiger partial charge in [0, 0.05) is 5.56 Å². The van der Waals surface area contributed by atoms with Crippen LogP contribution in [-0.4, -0.2) is 49.3 Å². The van der Waals surface area contributed by atoms with Crippen molar-refractivity contribution >= 4 is 33.9 Å². The Labute approximate surface area is 251 Å². The fourth-order valence-corrected chi connectivity index (χ4v) is 6.91. The molecule has 4 rings (SSSR count). The van der Waals surface area contributed by atoms with Crippen LogP contribution in [0.4, 0.5) is 5.82 Å². The number of fused-ring (bicyclic) bond motifs is 1. The highest BCUT2D eigenvalue weighted by molar-refractivity contribution is 6.74. The predicted octanol–water partition coefficient (Wildman–Crippen LogP) is 7.03. The van der Waals surface area contributed by atoms with Gasteiger partial charge in [0.15, 0.2) is 22.5 Å². The molecule has 1 saturated heterocycles. The van der Waals surface area contributed by atoms with Gasteiger partial charge in [0.25, 0.3) is 11.5 Å². The molecule has 224 valence electrons. The largest absolute Gasteiger partial charge is 0.466 e. The van der Waals surface area contributed by atoms with E-state index in [0.717, 1.165) is 0 Å². The van der Waals surface area contributed by atoms with E-state index in [9.17, 15) is 10.1 Å². The van der Waals surface area contributed by atoms with E-state index in [-0.39, 0.29) is 16.0 Å². The Morgan fingerprint density at radius 1 is 1.02 bits per heavy atom. The lowest BCUT2D eigenvalue weighted by Gasteiger charge is -2.44. The van der Waals surface area contributed by atoms with Crippen LogP contribution in [0.5, 0.6) is 0 Å². The number of amides is 1. The zero-order valence-electron chi connectivity index (χ0n) is 26.4. The zero-order chi connectivity index (χ0) is 31.3. The zero-order valence-corrected chi connectivity index (χ0v) is 28.4. The smallest absolute Gasteiger partial charge is 0.263 e. The van der Waals surface area contributed by atoms with Gasteiger partial charge in [-0.2, -0.15) is 10.4 Å². The highest BCUT2D eigenvalue weighted by Gasteiger charge is 2.61. The summed E-state index contributed by atoms with van der Waals surface area (Å²) in [5.74, 6) is 0.360. The average Bonchev–Trinajstić information content (AvgIpc) is 3.44. The molecule has 3 heterocycles. The van der Waals surface area contributed by atoms with E-state index in [1.54, 1.807) is 40.9 Å². The number of nitriles is 1. The van der Waals surface area contributed by atoms with Crippen LogP contribution in [0, 0.1) is 11.3 Å². The molecule has 3 aromatic rings. The Morgan fingerprint density at radius 2 is 1.62 bits per heavy atom. The molecule has 1 aliphatic rings. The van der Waals surface area contributed by atoms with Gasteiger partial charge < -0.3 is 18.9 Å². The lowest BCUT2D eigenvalue weighted by atomic mass is 9.93. The van der Waals surface area contributed by atoms with Crippen molar-refractivity contribution in [3.8, 4) is 6.07 Å². The summed E-state index contributed by atoms with van der Waals surface area (Å²) >= 11 is 0. The summed E-state index contributed by atoms with van der Waals surface area (Å²) in [5.41, 5.74) is -0.149. The molecule has 3 atom stereocenters. The molecule has 0 radical (unpaired) electrons. The summed E-state index contributed by atoms with van der Waals surface area (Å²) in [6.45, 7) is 25.8. The van der Waals surface area contributed by atoms with Gasteiger partial charge in [-0.3, -0.25) is 4.79 Å². The summed E-state index contributed by atoms with van der Waals surface area (Å²) in [6, 6.07) is 14.9. The second-order valence-corrected chi connectivity index (χ2v) is 23.5. The number of benzene rings is 1. The third kappa shape index (κ3) is 5.56. The highest BCUT2D eigenvalue weighted by Crippen LogP contribution is 2.50. The normalized spacial score (nSPS) is 21.7. The van der Waals surface area contributed by atoms with E-state index in [1.165, 1.54) is 6.33 Å². The maximum absolute atomic E-state index is 12.9. The van der Waals surface area contributed by atoms with Crippen molar-refractivity contribution in [1.29, 1.82) is 5.26 Å². The van der Waals surface area contributed by atoms with Crippen molar-refractivity contribution in [2.24, 2.45) is 0 Å². The molecule has 42 heavy (non-hydrogen) atoms. The van der Waals surface area contributed by atoms with Crippen LogP contribution in [0.25, 0.3) is 5.52 Å². The molecule has 0 unspecified atom stereocenters. The van der Waals surface area contributed by atoms with Crippen LogP contribution < -0.4 is 5.32 Å². The monoisotopic (exact) mass is 605 g/mol. The molecule has 0 aliphatic carbocycles. The van der Waals surface area contributed by atoms with Crippen LogP contribution in [0.15, 0.2) is 61.1 Å². The minimum absolute atomic E-state index is 0.0897. The molecular formula is C31H43N5O4Si2. The number of rotatable bonds is 7. The minimum Gasteiger partial charge on any atom is -0.466 e. The van der Waals surface area contributed by atoms with Crippen molar-refractivity contribution in [3.05, 3.63) is 72.4 Å². The van der Waals surface area contributed by atoms with E-state index in [4.69, 9.17) is 13.6 Å². The number of nitrogens with one attached hydrogen (secondary N) is 1. The van der Waals surface area contributed by atoms with Crippen LogP contribution >= 0.6 is 0 Å². The number of aromatic nitrogens is 3. The summed E-state index contributed by atoms with van der Waals surface area (Å²) in [7, 11) is -4.80. The standard InChI is InChI=1S/C31H43N5O4Si2/c1-21-25(39-41(8,9)29(2,3)4)26(40-42(10,11)30(5,6)7)31(19-32,38-21)24-18-17-23-27(33-20-34-36(23)24)35-28(37)22-15-13-12-14-16-22/h12-18,20,25-26H,1H2,2-11H3,(H,33,34,35,37)/t25-,26-,31+/m1/s1. The SMILES string of the molecule is C=C1O[C@@](C#N)(c2ccc3c(NC(=O)c4ccccc4)ncnn23)[C@H](O[Si](C)(C)C(C)(C)C)[C@@H]1O[Si](C)(C)C(C)(C)C. The number of anilines is 1. The maximum Gasteiger partial charge on any atom is 0.263 e. The molecule has 1 fully saturated rings. The Balaban J connectivity index is 1.84. The lowest BCUT2D eigenvalue weighted by molar-refractivity contribution is -0.0151. The number of hydrogen-bond acceptors (Lipinski definition) is 7. The summed E-state index contributed by atoms with van der Waals surface area (Å²) < 4.78 is 22.0. The summed E-state index contributed by atoms with van der Waals surface area (Å²) in [4.78, 5) is 17.3. The fraction of sp³-hybridized carbons (Fsp3) is 0.484. The van der Waals surface area contributed by atoms with Crippen molar-refractivity contribution in [2.45, 2.75) is 95.6 Å². The van der Waals surface area contributed by atoms with Crippen LogP contribution in [0.1, 0.15) is 57.6 Å². The molecule has 0 spiro atoms. The van der Waals surface area contributed by atoms with Gasteiger partial charge in [-0.1, -0.05) is 66.3 Å². The second kappa shape index (κ2) is 10.8. The Bertz CT molecular complexity index is 1530. The molecule has 11 heteroatoms. The molecule has 2 aromatic heterocycles. The number of ether oxygens (including phenoxy) is 1. The van der Waals surface area contributed by atoms with Crippen molar-refractivity contribution < 1.29 is 18.4 Å². The van der Waals surface area contributed by atoms with Crippen molar-refractivity contribution in [2.75, 3.05) is 5.32 Å². The number of carbonyl (C=O) groups excluding carboxylic acids is 1. The molecule has 0 saturated carbocycles. The molecular weight excluding hydrogens is 563 g/mol. The Hall–Kier alpha value is -3.31. The van der Waals surface area contributed by atoms with E-state index in [2.05, 4.69) is 95.8 Å². The van der Waals surface area contributed by atoms with E-state index < -0.39 is 34.4 Å². The van der Waals surface area contributed by atoms with Gasteiger partial charge in [-0.15, -0.1) is 0 Å². The fourth-order valence-electron chi connectivity index (χ4n) is 4.39. The topological polar surface area (TPSA) is 111 Å². The van der Waals surface area contributed by atoms with E-state index in [0.29, 0.717) is 28.4 Å². The quantitative estimate of drug-likeness (QED) is 0.288. The Morgan fingerprint density at radius 3 is 2.19 bits per heavy atom. The predicted molar refractivity (Wildman–Crippen MR) is 169 cm³/mol. The minimum atomic E-state index is -2.45.